The third kappa shape index (κ3) is 5.93. The largest absolute Gasteiger partial charge is 0.511 e. The van der Waals surface area contributed by atoms with Gasteiger partial charge in [0.25, 0.3) is 0 Å². The number of aliphatic hydroxyl groups is 1. The van der Waals surface area contributed by atoms with Crippen molar-refractivity contribution in [1.82, 2.24) is 5.16 Å². The van der Waals surface area contributed by atoms with E-state index in [1.165, 1.54) is 0 Å². The van der Waals surface area contributed by atoms with Crippen molar-refractivity contribution < 1.29 is 29.1 Å². The summed E-state index contributed by atoms with van der Waals surface area (Å²) in [6.45, 7) is 4.54. The molecule has 3 rings (SSSR count). The van der Waals surface area contributed by atoms with Gasteiger partial charge in [0.15, 0.2) is 11.6 Å². The van der Waals surface area contributed by atoms with Gasteiger partial charge < -0.3 is 14.7 Å². The Bertz CT molecular complexity index is 954. The number of aromatic nitrogens is 1. The molecule has 2 aliphatic rings. The van der Waals surface area contributed by atoms with Crippen LogP contribution in [0.5, 0.6) is 0 Å². The molecule has 2 aliphatic carbocycles. The molecular weight excluding hydrogens is 412 g/mol. The second-order valence-electron chi connectivity index (χ2n) is 9.50. The number of aliphatic imine (C=N–C) groups is 1. The molecule has 1 aromatic rings. The highest BCUT2D eigenvalue weighted by molar-refractivity contribution is 6.24. The zero-order valence-electron chi connectivity index (χ0n) is 18.9. The minimum atomic E-state index is -0.803. The molecule has 0 spiro atoms. The first-order valence-corrected chi connectivity index (χ1v) is 11.4. The molecule has 0 aliphatic heterocycles. The molecule has 0 amide bonds. The van der Waals surface area contributed by atoms with E-state index in [1.807, 2.05) is 13.8 Å². The minimum absolute atomic E-state index is 0.0125. The first kappa shape index (κ1) is 23.9. The number of carbonyl (C=O) groups excluding carboxylic acids is 2. The number of carboxylic acid groups (broad SMARTS) is 1. The summed E-state index contributed by atoms with van der Waals surface area (Å²) in [6, 6.07) is 0. The average molecular weight is 445 g/mol. The Morgan fingerprint density at radius 2 is 1.84 bits per heavy atom. The highest BCUT2D eigenvalue weighted by Gasteiger charge is 2.36. The average Bonchev–Trinajstić information content (AvgIpc) is 3.10. The third-order valence-electron chi connectivity index (χ3n) is 6.01. The Morgan fingerprint density at radius 1 is 1.06 bits per heavy atom. The van der Waals surface area contributed by atoms with E-state index < -0.39 is 5.97 Å². The first-order valence-electron chi connectivity index (χ1n) is 11.4. The molecule has 1 saturated carbocycles. The monoisotopic (exact) mass is 444 g/mol. The van der Waals surface area contributed by atoms with Crippen molar-refractivity contribution in [2.45, 2.75) is 84.5 Å². The van der Waals surface area contributed by atoms with Gasteiger partial charge in [-0.25, -0.2) is 0 Å². The Balaban J connectivity index is 1.67. The normalized spacial score (nSPS) is 21.0. The summed E-state index contributed by atoms with van der Waals surface area (Å²) in [5, 5.41) is 23.5. The fourth-order valence-electron chi connectivity index (χ4n) is 4.44. The number of rotatable bonds is 9. The van der Waals surface area contributed by atoms with Gasteiger partial charge in [-0.3, -0.25) is 19.4 Å². The van der Waals surface area contributed by atoms with E-state index in [4.69, 9.17) is 9.63 Å². The minimum Gasteiger partial charge on any atom is -0.511 e. The number of carbonyl (C=O) groups is 3. The molecule has 0 aromatic carbocycles. The van der Waals surface area contributed by atoms with E-state index in [-0.39, 0.29) is 35.6 Å². The van der Waals surface area contributed by atoms with Crippen LogP contribution in [0.3, 0.4) is 0 Å². The number of aliphatic carboxylic acids is 1. The fraction of sp³-hybridized carbons (Fsp3) is 0.625. The summed E-state index contributed by atoms with van der Waals surface area (Å²) in [5.41, 5.74) is 1.84. The van der Waals surface area contributed by atoms with Gasteiger partial charge >= 0.3 is 5.97 Å². The molecule has 1 aromatic heterocycles. The number of hydrogen-bond acceptors (Lipinski definition) is 7. The molecule has 8 nitrogen and oxygen atoms in total. The van der Waals surface area contributed by atoms with Crippen molar-refractivity contribution in [2.75, 3.05) is 6.54 Å². The number of hydrogen-bond donors (Lipinski definition) is 2. The van der Waals surface area contributed by atoms with Crippen LogP contribution in [0.4, 0.5) is 0 Å². The molecule has 2 N–H and O–H groups in total. The number of aryl methyl sites for hydroxylation is 1. The molecule has 1 heterocycles. The number of nitrogens with zero attached hydrogens (tertiary/aromatic N) is 2. The molecular formula is C24H32N2O6. The number of allylic oxidation sites excluding steroid dienone is 2. The van der Waals surface area contributed by atoms with E-state index >= 15 is 0 Å². The number of unbranched alkanes of at least 4 members (excludes halogenated alkanes) is 2. The van der Waals surface area contributed by atoms with Gasteiger partial charge in [-0.1, -0.05) is 25.4 Å². The highest BCUT2D eigenvalue weighted by atomic mass is 16.5. The quantitative estimate of drug-likeness (QED) is 0.328. The molecule has 174 valence electrons. The molecule has 0 bridgehead atoms. The predicted molar refractivity (Wildman–Crippen MR) is 118 cm³/mol. The van der Waals surface area contributed by atoms with Crippen LogP contribution in [-0.4, -0.2) is 45.2 Å². The summed E-state index contributed by atoms with van der Waals surface area (Å²) in [4.78, 5) is 40.2. The van der Waals surface area contributed by atoms with Gasteiger partial charge in [-0.15, -0.1) is 0 Å². The smallest absolute Gasteiger partial charge is 0.303 e. The summed E-state index contributed by atoms with van der Waals surface area (Å²) in [5.74, 6) is -0.313. The SMILES string of the molecule is CC1(C)CC(=O)c2c(CC/C(O)=C3\C(=O)CCCC3=NCCCCCC(=O)O)noc2C1. The Hall–Kier alpha value is -2.77. The van der Waals surface area contributed by atoms with Crippen LogP contribution in [-0.2, 0) is 22.4 Å². The van der Waals surface area contributed by atoms with Crippen molar-refractivity contribution in [2.24, 2.45) is 10.4 Å². The second-order valence-corrected chi connectivity index (χ2v) is 9.50. The zero-order chi connectivity index (χ0) is 23.3. The van der Waals surface area contributed by atoms with Crippen molar-refractivity contribution in [3.05, 3.63) is 28.3 Å². The van der Waals surface area contributed by atoms with Gasteiger partial charge in [0.05, 0.1) is 16.8 Å². The number of fused-ring (bicyclic) bond motifs is 1. The predicted octanol–water partition coefficient (Wildman–Crippen LogP) is 4.41. The lowest BCUT2D eigenvalue weighted by atomic mass is 9.76. The van der Waals surface area contributed by atoms with Crippen LogP contribution in [0, 0.1) is 5.41 Å². The topological polar surface area (TPSA) is 130 Å². The summed E-state index contributed by atoms with van der Waals surface area (Å²) in [6.07, 6.45) is 5.54. The lowest BCUT2D eigenvalue weighted by molar-refractivity contribution is -0.137. The van der Waals surface area contributed by atoms with Gasteiger partial charge in [-0.05, 0) is 31.1 Å². The van der Waals surface area contributed by atoms with E-state index in [0.717, 1.165) is 12.8 Å². The lowest BCUT2D eigenvalue weighted by Gasteiger charge is -2.26. The molecule has 0 saturated heterocycles. The molecule has 0 unspecified atom stereocenters. The third-order valence-corrected chi connectivity index (χ3v) is 6.01. The van der Waals surface area contributed by atoms with Crippen molar-refractivity contribution in [3.63, 3.8) is 0 Å². The Morgan fingerprint density at radius 3 is 2.59 bits per heavy atom. The number of Topliss-reactive ketones (excluding diaryl/α,β-unsaturated/α-hetero) is 2. The Labute approximate surface area is 187 Å². The molecule has 32 heavy (non-hydrogen) atoms. The van der Waals surface area contributed by atoms with Crippen molar-refractivity contribution >= 4 is 23.2 Å². The van der Waals surface area contributed by atoms with Gasteiger partial charge in [0, 0.05) is 50.8 Å². The van der Waals surface area contributed by atoms with Crippen LogP contribution < -0.4 is 0 Å². The summed E-state index contributed by atoms with van der Waals surface area (Å²) < 4.78 is 5.42. The van der Waals surface area contributed by atoms with Crippen LogP contribution >= 0.6 is 0 Å². The van der Waals surface area contributed by atoms with Crippen LogP contribution in [0.25, 0.3) is 0 Å². The lowest BCUT2D eigenvalue weighted by Crippen LogP contribution is -2.26. The van der Waals surface area contributed by atoms with Crippen LogP contribution in [0.2, 0.25) is 0 Å². The number of aliphatic hydroxyl groups excluding tert-OH is 1. The van der Waals surface area contributed by atoms with Crippen LogP contribution in [0.1, 0.15) is 93.4 Å². The van der Waals surface area contributed by atoms with Crippen molar-refractivity contribution in [3.8, 4) is 0 Å². The van der Waals surface area contributed by atoms with Crippen molar-refractivity contribution in [1.29, 1.82) is 0 Å². The maximum Gasteiger partial charge on any atom is 0.303 e. The van der Waals surface area contributed by atoms with E-state index in [2.05, 4.69) is 10.1 Å². The second kappa shape index (κ2) is 10.2. The maximum absolute atomic E-state index is 12.6. The van der Waals surface area contributed by atoms with Gasteiger partial charge in [0.1, 0.15) is 11.5 Å². The standard InChI is InChI=1S/C24H32N2O6/c1-24(2)13-19(29)23-16(26-32-20(23)14-24)10-11-18(28)22-15(7-6-8-17(22)27)25-12-5-3-4-9-21(30)31/h28H,3-14H2,1-2H3,(H,30,31)/b22-18+,25-15?. The molecule has 1 fully saturated rings. The summed E-state index contributed by atoms with van der Waals surface area (Å²) in [7, 11) is 0. The Kier molecular flexibility index (Phi) is 7.64. The van der Waals surface area contributed by atoms with Gasteiger partial charge in [0.2, 0.25) is 0 Å². The molecule has 8 heteroatoms. The fourth-order valence-corrected chi connectivity index (χ4v) is 4.44. The van der Waals surface area contributed by atoms with Gasteiger partial charge in [-0.2, -0.15) is 0 Å². The molecule has 0 radical (unpaired) electrons. The van der Waals surface area contributed by atoms with E-state index in [9.17, 15) is 19.5 Å². The van der Waals surface area contributed by atoms with Crippen LogP contribution in [0.15, 0.2) is 20.8 Å². The van der Waals surface area contributed by atoms with E-state index in [0.29, 0.717) is 79.8 Å². The number of carboxylic acids is 1. The summed E-state index contributed by atoms with van der Waals surface area (Å²) >= 11 is 0. The highest BCUT2D eigenvalue weighted by Crippen LogP contribution is 2.36. The maximum atomic E-state index is 12.6. The van der Waals surface area contributed by atoms with E-state index in [1.54, 1.807) is 0 Å². The zero-order valence-corrected chi connectivity index (χ0v) is 18.9. The molecule has 0 atom stereocenters. The first-order chi connectivity index (χ1) is 15.2. The number of ketones is 2.